The van der Waals surface area contributed by atoms with Crippen molar-refractivity contribution in [3.05, 3.63) is 60.7 Å². The largest absolute Gasteiger partial charge is 0.444 e. The number of ether oxygens (including phenoxy) is 1. The van der Waals surface area contributed by atoms with Crippen molar-refractivity contribution in [1.29, 1.82) is 0 Å². The first kappa shape index (κ1) is 26.4. The quantitative estimate of drug-likeness (QED) is 0.437. The number of carbonyl (C=O) groups is 2. The number of alkyl carbamates (subject to hydrolysis) is 1. The summed E-state index contributed by atoms with van der Waals surface area (Å²) in [7, 11) is 0. The Labute approximate surface area is 228 Å². The Morgan fingerprint density at radius 3 is 2.57 bits per heavy atom. The second-order valence-electron chi connectivity index (χ2n) is 8.97. The molecule has 2 saturated heterocycles. The number of carbonyl (C=O) groups excluding carboxylic acids is 2. The van der Waals surface area contributed by atoms with E-state index >= 15 is 0 Å². The van der Waals surface area contributed by atoms with E-state index in [1.165, 1.54) is 16.7 Å². The summed E-state index contributed by atoms with van der Waals surface area (Å²) >= 11 is 13.8. The highest BCUT2D eigenvalue weighted by Crippen LogP contribution is 2.46. The highest BCUT2D eigenvalue weighted by Gasteiger charge is 2.37. The Bertz CT molecular complexity index is 1110. The number of nitrogens with zero attached hydrogens (tertiary/aromatic N) is 2. The third kappa shape index (κ3) is 5.86. The van der Waals surface area contributed by atoms with Gasteiger partial charge in [-0.3, -0.25) is 9.78 Å². The maximum atomic E-state index is 12.8. The monoisotopic (exact) mass is 625 g/mol. The molecule has 1 N–H and O–H groups in total. The molecule has 1 aromatic heterocycles. The predicted octanol–water partition coefficient (Wildman–Crippen LogP) is 6.25. The first-order valence-electron chi connectivity index (χ1n) is 12.2. The van der Waals surface area contributed by atoms with Gasteiger partial charge in [0.1, 0.15) is 6.10 Å². The van der Waals surface area contributed by atoms with Gasteiger partial charge in [-0.15, -0.1) is 0 Å². The molecule has 2 aliphatic heterocycles. The highest BCUT2D eigenvalue weighted by atomic mass is 79.9. The molecule has 3 heterocycles. The number of cyclic esters (lactones) is 1. The fraction of sp³-hybridized carbons (Fsp3) is 0.500. The minimum atomic E-state index is -0.443. The topological polar surface area (TPSA) is 71.5 Å². The Morgan fingerprint density at radius 2 is 1.89 bits per heavy atom. The van der Waals surface area contributed by atoms with Crippen LogP contribution >= 0.6 is 43.5 Å². The van der Waals surface area contributed by atoms with Gasteiger partial charge >= 0.3 is 6.09 Å². The number of halogens is 3. The van der Waals surface area contributed by atoms with E-state index in [0.29, 0.717) is 25.6 Å². The molecule has 3 aliphatic rings. The number of likely N-dealkylation sites (tertiary alicyclic amines) is 1. The van der Waals surface area contributed by atoms with E-state index in [2.05, 4.69) is 49.3 Å². The molecule has 0 bridgehead atoms. The summed E-state index contributed by atoms with van der Waals surface area (Å²) in [6.45, 7) is 5.79. The van der Waals surface area contributed by atoms with E-state index in [0.717, 1.165) is 45.3 Å². The normalized spacial score (nSPS) is 21.6. The van der Waals surface area contributed by atoms with E-state index in [9.17, 15) is 9.59 Å². The number of hydrogen-bond acceptors (Lipinski definition) is 4. The van der Waals surface area contributed by atoms with Crippen LogP contribution < -0.4 is 5.32 Å². The van der Waals surface area contributed by atoms with Crippen molar-refractivity contribution in [2.24, 2.45) is 5.92 Å². The average molecular weight is 628 g/mol. The number of nitrogens with one attached hydrogen (secondary N) is 1. The second-order valence-corrected chi connectivity index (χ2v) is 11.2. The molecular formula is C26H30Br2ClN3O3. The molecule has 0 radical (unpaired) electrons. The molecule has 0 saturated carbocycles. The number of piperidine rings is 1. The van der Waals surface area contributed by atoms with Crippen molar-refractivity contribution < 1.29 is 14.3 Å². The summed E-state index contributed by atoms with van der Waals surface area (Å²) in [4.78, 5) is 30.8. The molecule has 5 rings (SSSR count). The lowest BCUT2D eigenvalue weighted by Crippen LogP contribution is -2.41. The second kappa shape index (κ2) is 11.6. The van der Waals surface area contributed by atoms with Crippen LogP contribution in [0.5, 0.6) is 0 Å². The summed E-state index contributed by atoms with van der Waals surface area (Å²) < 4.78 is 7.16. The number of hydrogen-bond donors (Lipinski definition) is 1. The number of aryl methyl sites for hydroxylation is 2. The highest BCUT2D eigenvalue weighted by molar-refractivity contribution is 9.10. The summed E-state index contributed by atoms with van der Waals surface area (Å²) in [5, 5.41) is 3.35. The lowest BCUT2D eigenvalue weighted by atomic mass is 9.76. The van der Waals surface area contributed by atoms with Crippen LogP contribution in [0.2, 0.25) is 5.02 Å². The van der Waals surface area contributed by atoms with E-state index in [-0.39, 0.29) is 24.3 Å². The van der Waals surface area contributed by atoms with E-state index in [1.807, 2.05) is 31.0 Å². The lowest BCUT2D eigenvalue weighted by Gasteiger charge is -2.37. The number of pyridine rings is 1. The fourth-order valence-corrected chi connectivity index (χ4v) is 6.88. The SMILES string of the molecule is CC.O=C1NC[C@H](CC(=O)N2CCC(C3c4ncc(Br)cc4CCc4cc(Cl)cc(Br)c43)CC2)O1. The van der Waals surface area contributed by atoms with Crippen LogP contribution in [0.1, 0.15) is 61.4 Å². The van der Waals surface area contributed by atoms with Gasteiger partial charge in [0, 0.05) is 39.2 Å². The Balaban J connectivity index is 0.00000141. The van der Waals surface area contributed by atoms with Crippen LogP contribution in [0.3, 0.4) is 0 Å². The first-order valence-corrected chi connectivity index (χ1v) is 14.2. The molecule has 2 aromatic rings. The third-order valence-electron chi connectivity index (χ3n) is 6.93. The van der Waals surface area contributed by atoms with Crippen LogP contribution in [0.25, 0.3) is 0 Å². The van der Waals surface area contributed by atoms with Gasteiger partial charge in [-0.05, 0) is 82.4 Å². The van der Waals surface area contributed by atoms with Crippen LogP contribution in [0.15, 0.2) is 33.3 Å². The van der Waals surface area contributed by atoms with Crippen molar-refractivity contribution in [3.63, 3.8) is 0 Å². The van der Waals surface area contributed by atoms with Gasteiger partial charge in [-0.1, -0.05) is 41.4 Å². The summed E-state index contributed by atoms with van der Waals surface area (Å²) in [5.41, 5.74) is 4.94. The fourth-order valence-electron chi connectivity index (χ4n) is 5.38. The van der Waals surface area contributed by atoms with Gasteiger partial charge in [-0.25, -0.2) is 4.79 Å². The van der Waals surface area contributed by atoms with Gasteiger partial charge in [-0.2, -0.15) is 0 Å². The summed E-state index contributed by atoms with van der Waals surface area (Å²) in [5.74, 6) is 0.558. The van der Waals surface area contributed by atoms with Gasteiger partial charge in [0.05, 0.1) is 18.7 Å². The van der Waals surface area contributed by atoms with Crippen molar-refractivity contribution in [2.45, 2.75) is 58.0 Å². The summed E-state index contributed by atoms with van der Waals surface area (Å²) in [6.07, 6.45) is 4.93. The third-order valence-corrected chi connectivity index (χ3v) is 8.24. The number of amides is 2. The molecule has 6 nitrogen and oxygen atoms in total. The molecule has 2 amide bonds. The molecule has 1 unspecified atom stereocenters. The van der Waals surface area contributed by atoms with Crippen LogP contribution in [-0.4, -0.2) is 47.6 Å². The predicted molar refractivity (Wildman–Crippen MR) is 144 cm³/mol. The number of benzene rings is 1. The lowest BCUT2D eigenvalue weighted by molar-refractivity contribution is -0.134. The van der Waals surface area contributed by atoms with Crippen molar-refractivity contribution in [2.75, 3.05) is 19.6 Å². The minimum Gasteiger partial charge on any atom is -0.444 e. The van der Waals surface area contributed by atoms with E-state index in [4.69, 9.17) is 21.3 Å². The van der Waals surface area contributed by atoms with Gasteiger partial charge in [0.25, 0.3) is 0 Å². The van der Waals surface area contributed by atoms with Crippen LogP contribution in [0, 0.1) is 5.92 Å². The molecule has 1 aliphatic carbocycles. The summed E-state index contributed by atoms with van der Waals surface area (Å²) in [6, 6.07) is 6.25. The van der Waals surface area contributed by atoms with Crippen molar-refractivity contribution >= 4 is 55.5 Å². The zero-order valence-corrected chi connectivity index (χ0v) is 23.9. The molecule has 35 heavy (non-hydrogen) atoms. The molecule has 0 spiro atoms. The van der Waals surface area contributed by atoms with Gasteiger partial charge in [0.15, 0.2) is 0 Å². The standard InChI is InChI=1S/C24H24Br2ClN3O3.C2H6/c25-16-7-15-2-1-14-8-17(27)9-19(26)21(14)22(23(15)28-11-16)13-3-5-30(6-4-13)20(31)10-18-12-29-24(32)33-18;1-2/h7-9,11,13,18,22H,1-6,10,12H2,(H,29,32);1-2H3/t18-,22?;/m0./s1. The Hall–Kier alpha value is -1.64. The average Bonchev–Trinajstić information content (AvgIpc) is 3.18. The zero-order chi connectivity index (χ0) is 25.1. The van der Waals surface area contributed by atoms with E-state index in [1.54, 1.807) is 0 Å². The van der Waals surface area contributed by atoms with Crippen molar-refractivity contribution in [3.8, 4) is 0 Å². The molecule has 9 heteroatoms. The maximum absolute atomic E-state index is 12.8. The molecule has 2 atom stereocenters. The minimum absolute atomic E-state index is 0.0478. The van der Waals surface area contributed by atoms with Gasteiger partial charge < -0.3 is 15.0 Å². The Kier molecular flexibility index (Phi) is 8.76. The first-order chi connectivity index (χ1) is 16.9. The Morgan fingerprint density at radius 1 is 1.17 bits per heavy atom. The van der Waals surface area contributed by atoms with Gasteiger partial charge in [0.2, 0.25) is 5.91 Å². The smallest absolute Gasteiger partial charge is 0.407 e. The zero-order valence-electron chi connectivity index (χ0n) is 20.0. The van der Waals surface area contributed by atoms with E-state index < -0.39 is 6.09 Å². The number of fused-ring (bicyclic) bond motifs is 2. The van der Waals surface area contributed by atoms with Crippen molar-refractivity contribution in [1.82, 2.24) is 15.2 Å². The maximum Gasteiger partial charge on any atom is 0.407 e. The molecule has 188 valence electrons. The molecular weight excluding hydrogens is 598 g/mol. The molecule has 1 aromatic carbocycles. The van der Waals surface area contributed by atoms with Crippen LogP contribution in [0.4, 0.5) is 4.79 Å². The molecule has 2 fully saturated rings. The van der Waals surface area contributed by atoms with Crippen LogP contribution in [-0.2, 0) is 22.4 Å². The number of aromatic nitrogens is 1. The number of rotatable bonds is 3.